The first-order valence-corrected chi connectivity index (χ1v) is 10.3. The number of amides is 2. The van der Waals surface area contributed by atoms with Crippen LogP contribution in [0.25, 0.3) is 16.2 Å². The number of hydrogen-bond acceptors (Lipinski definition) is 6. The molecule has 29 heavy (non-hydrogen) atoms. The summed E-state index contributed by atoms with van der Waals surface area (Å²) in [7, 11) is 1.59. The molecule has 4 rings (SSSR count). The molecule has 1 aliphatic rings. The number of aryl methyl sites for hydroxylation is 2. The van der Waals surface area contributed by atoms with E-state index in [-0.39, 0.29) is 24.2 Å². The van der Waals surface area contributed by atoms with Crippen LogP contribution >= 0.6 is 11.3 Å². The third-order valence-electron chi connectivity index (χ3n) is 5.13. The van der Waals surface area contributed by atoms with Crippen LogP contribution < -0.4 is 5.32 Å². The third kappa shape index (κ3) is 3.88. The molecule has 3 aromatic rings. The van der Waals surface area contributed by atoms with Gasteiger partial charge in [0.05, 0.1) is 18.2 Å². The van der Waals surface area contributed by atoms with E-state index < -0.39 is 5.92 Å². The number of carbonyl (C=O) groups excluding carboxylic acids is 2. The Morgan fingerprint density at radius 1 is 1.38 bits per heavy atom. The highest BCUT2D eigenvalue weighted by Gasteiger charge is 2.34. The van der Waals surface area contributed by atoms with Crippen LogP contribution in [0.4, 0.5) is 5.95 Å². The van der Waals surface area contributed by atoms with E-state index in [1.54, 1.807) is 16.5 Å². The van der Waals surface area contributed by atoms with E-state index in [1.165, 1.54) is 16.9 Å². The third-order valence-corrected chi connectivity index (χ3v) is 5.94. The Kier molecular flexibility index (Phi) is 5.33. The van der Waals surface area contributed by atoms with Crippen LogP contribution in [0.15, 0.2) is 23.6 Å². The number of fused-ring (bicyclic) bond motifs is 1. The van der Waals surface area contributed by atoms with Crippen molar-refractivity contribution in [2.45, 2.75) is 20.3 Å². The summed E-state index contributed by atoms with van der Waals surface area (Å²) in [4.78, 5) is 31.5. The lowest BCUT2D eigenvalue weighted by Crippen LogP contribution is -2.31. The SMILES string of the molecule is COCCN1CC(C(=O)Nc2nc3scc(-c4ccc(C)cc4C)n3n2)CC1=O. The van der Waals surface area contributed by atoms with Crippen molar-refractivity contribution in [3.63, 3.8) is 0 Å². The number of benzene rings is 1. The molecule has 1 saturated heterocycles. The van der Waals surface area contributed by atoms with Crippen LogP contribution in [0.5, 0.6) is 0 Å². The van der Waals surface area contributed by atoms with E-state index >= 15 is 0 Å². The Labute approximate surface area is 172 Å². The van der Waals surface area contributed by atoms with Crippen LogP contribution in [0, 0.1) is 19.8 Å². The van der Waals surface area contributed by atoms with Crippen molar-refractivity contribution in [1.29, 1.82) is 0 Å². The molecule has 8 nitrogen and oxygen atoms in total. The van der Waals surface area contributed by atoms with Crippen molar-refractivity contribution in [3.8, 4) is 11.3 Å². The number of ether oxygens (including phenoxy) is 1. The molecule has 0 saturated carbocycles. The molecular weight excluding hydrogens is 390 g/mol. The van der Waals surface area contributed by atoms with Gasteiger partial charge in [0.1, 0.15) is 0 Å². The number of rotatable bonds is 6. The molecule has 9 heteroatoms. The van der Waals surface area contributed by atoms with Gasteiger partial charge < -0.3 is 9.64 Å². The first-order valence-electron chi connectivity index (χ1n) is 9.45. The van der Waals surface area contributed by atoms with Crippen LogP contribution in [-0.2, 0) is 14.3 Å². The number of anilines is 1. The van der Waals surface area contributed by atoms with Gasteiger partial charge in [-0.1, -0.05) is 23.8 Å². The highest BCUT2D eigenvalue weighted by molar-refractivity contribution is 7.15. The van der Waals surface area contributed by atoms with Crippen molar-refractivity contribution >= 4 is 34.1 Å². The van der Waals surface area contributed by atoms with Crippen molar-refractivity contribution in [3.05, 3.63) is 34.7 Å². The second-order valence-corrected chi connectivity index (χ2v) is 8.13. The van der Waals surface area contributed by atoms with Gasteiger partial charge >= 0.3 is 0 Å². The van der Waals surface area contributed by atoms with E-state index in [0.29, 0.717) is 24.7 Å². The summed E-state index contributed by atoms with van der Waals surface area (Å²) in [5.41, 5.74) is 4.39. The fourth-order valence-corrected chi connectivity index (χ4v) is 4.42. The van der Waals surface area contributed by atoms with Crippen LogP contribution in [0.2, 0.25) is 0 Å². The summed E-state index contributed by atoms with van der Waals surface area (Å²) in [6.45, 7) is 5.48. The molecular formula is C20H23N5O3S. The van der Waals surface area contributed by atoms with Gasteiger partial charge in [-0.3, -0.25) is 14.9 Å². The standard InChI is InChI=1S/C20H23N5O3S/c1-12-4-5-15(13(2)8-12)16-11-29-20-22-19(23-25(16)20)21-18(27)14-9-17(26)24(10-14)6-7-28-3/h4-5,8,11,14H,6-7,9-10H2,1-3H3,(H,21,23,27). The van der Waals surface area contributed by atoms with Crippen molar-refractivity contribution in [2.24, 2.45) is 5.92 Å². The molecule has 0 bridgehead atoms. The zero-order valence-corrected chi connectivity index (χ0v) is 17.5. The fourth-order valence-electron chi connectivity index (χ4n) is 3.60. The van der Waals surface area contributed by atoms with Gasteiger partial charge in [-0.15, -0.1) is 16.4 Å². The zero-order valence-electron chi connectivity index (χ0n) is 16.6. The smallest absolute Gasteiger partial charge is 0.250 e. The molecule has 0 aliphatic carbocycles. The van der Waals surface area contributed by atoms with E-state index in [4.69, 9.17) is 4.74 Å². The molecule has 0 spiro atoms. The summed E-state index contributed by atoms with van der Waals surface area (Å²) < 4.78 is 6.77. The number of nitrogens with zero attached hydrogens (tertiary/aromatic N) is 4. The molecule has 1 aliphatic heterocycles. The van der Waals surface area contributed by atoms with Crippen LogP contribution in [0.3, 0.4) is 0 Å². The molecule has 2 amide bonds. The predicted molar refractivity (Wildman–Crippen MR) is 111 cm³/mol. The van der Waals surface area contributed by atoms with Crippen molar-refractivity contribution in [2.75, 3.05) is 32.1 Å². The second-order valence-electron chi connectivity index (χ2n) is 7.29. The monoisotopic (exact) mass is 413 g/mol. The summed E-state index contributed by atoms with van der Waals surface area (Å²) >= 11 is 1.47. The first-order chi connectivity index (χ1) is 14.0. The maximum atomic E-state index is 12.6. The average Bonchev–Trinajstić information content (AvgIpc) is 3.35. The second kappa shape index (κ2) is 7.92. The largest absolute Gasteiger partial charge is 0.383 e. The number of thiazole rings is 1. The van der Waals surface area contributed by atoms with E-state index in [9.17, 15) is 9.59 Å². The number of nitrogens with one attached hydrogen (secondary N) is 1. The lowest BCUT2D eigenvalue weighted by Gasteiger charge is -2.15. The molecule has 1 atom stereocenters. The summed E-state index contributed by atoms with van der Waals surface area (Å²) in [6.07, 6.45) is 0.200. The molecule has 0 radical (unpaired) electrons. The van der Waals surface area contributed by atoms with Gasteiger partial charge in [0.2, 0.25) is 22.7 Å². The predicted octanol–water partition coefficient (Wildman–Crippen LogP) is 2.51. The number of likely N-dealkylation sites (tertiary alicyclic amines) is 1. The van der Waals surface area contributed by atoms with Gasteiger partial charge in [-0.25, -0.2) is 4.52 Å². The van der Waals surface area contributed by atoms with Gasteiger partial charge in [-0.05, 0) is 19.4 Å². The fraction of sp³-hybridized carbons (Fsp3) is 0.400. The Balaban J connectivity index is 1.50. The zero-order chi connectivity index (χ0) is 20.5. The summed E-state index contributed by atoms with van der Waals surface area (Å²) in [6, 6.07) is 6.27. The minimum Gasteiger partial charge on any atom is -0.383 e. The number of aromatic nitrogens is 3. The van der Waals surface area contributed by atoms with Gasteiger partial charge in [0, 0.05) is 37.6 Å². The van der Waals surface area contributed by atoms with Gasteiger partial charge in [-0.2, -0.15) is 4.98 Å². The molecule has 3 heterocycles. The Hall–Kier alpha value is -2.78. The van der Waals surface area contributed by atoms with Crippen molar-refractivity contribution in [1.82, 2.24) is 19.5 Å². The van der Waals surface area contributed by atoms with E-state index in [1.807, 2.05) is 5.38 Å². The molecule has 2 aromatic heterocycles. The number of hydrogen-bond donors (Lipinski definition) is 1. The number of methoxy groups -OCH3 is 1. The van der Waals surface area contributed by atoms with E-state index in [2.05, 4.69) is 47.4 Å². The topological polar surface area (TPSA) is 88.8 Å². The summed E-state index contributed by atoms with van der Waals surface area (Å²) in [5.74, 6) is -0.405. The maximum absolute atomic E-state index is 12.6. The quantitative estimate of drug-likeness (QED) is 0.671. The molecule has 152 valence electrons. The normalized spacial score (nSPS) is 16.7. The minimum absolute atomic E-state index is 0.0295. The van der Waals surface area contributed by atoms with Gasteiger partial charge in [0.25, 0.3) is 0 Å². The Morgan fingerprint density at radius 2 is 2.21 bits per heavy atom. The molecule has 1 N–H and O–H groups in total. The first kappa shape index (κ1) is 19.5. The van der Waals surface area contributed by atoms with Crippen LogP contribution in [-0.4, -0.2) is 58.1 Å². The lowest BCUT2D eigenvalue weighted by atomic mass is 10.0. The average molecular weight is 414 g/mol. The highest BCUT2D eigenvalue weighted by atomic mass is 32.1. The van der Waals surface area contributed by atoms with Crippen molar-refractivity contribution < 1.29 is 14.3 Å². The number of carbonyl (C=O) groups is 2. The molecule has 1 aromatic carbocycles. The minimum atomic E-state index is -0.403. The highest BCUT2D eigenvalue weighted by Crippen LogP contribution is 2.29. The lowest BCUT2D eigenvalue weighted by molar-refractivity contribution is -0.128. The van der Waals surface area contributed by atoms with Crippen LogP contribution in [0.1, 0.15) is 17.5 Å². The van der Waals surface area contributed by atoms with E-state index in [0.717, 1.165) is 16.8 Å². The van der Waals surface area contributed by atoms with Gasteiger partial charge in [0.15, 0.2) is 0 Å². The Morgan fingerprint density at radius 3 is 2.97 bits per heavy atom. The molecule has 1 unspecified atom stereocenters. The Bertz CT molecular complexity index is 1070. The molecule has 1 fully saturated rings. The summed E-state index contributed by atoms with van der Waals surface area (Å²) in [5, 5.41) is 9.27. The maximum Gasteiger partial charge on any atom is 0.250 e.